The summed E-state index contributed by atoms with van der Waals surface area (Å²) in [5.41, 5.74) is 0.897. The second-order valence-electron chi connectivity index (χ2n) is 7.29. The minimum Gasteiger partial charge on any atom is -0.505 e. The molecule has 124 valence electrons. The smallest absolute Gasteiger partial charge is 0.168 e. The Labute approximate surface area is 135 Å². The molecule has 0 heterocycles. The number of halogens is 1. The molecule has 23 heavy (non-hydrogen) atoms. The molecule has 0 radical (unpaired) electrons. The number of benzene rings is 1. The Morgan fingerprint density at radius 2 is 2.04 bits per heavy atom. The van der Waals surface area contributed by atoms with Crippen LogP contribution in [0.3, 0.4) is 0 Å². The van der Waals surface area contributed by atoms with Crippen LogP contribution in [0.25, 0.3) is 0 Å². The van der Waals surface area contributed by atoms with E-state index in [4.69, 9.17) is 0 Å². The zero-order valence-electron chi connectivity index (χ0n) is 13.7. The zero-order valence-corrected chi connectivity index (χ0v) is 13.7. The average molecular weight is 318 g/mol. The number of phenols is 1. The molecule has 2 fully saturated rings. The fraction of sp³-hybridized carbons (Fsp3) is 0.579. The molecular weight excluding hydrogens is 295 g/mol. The Balaban J connectivity index is 1.81. The molecule has 1 aromatic carbocycles. The summed E-state index contributed by atoms with van der Waals surface area (Å²) >= 11 is 0. The van der Waals surface area contributed by atoms with Crippen molar-refractivity contribution < 1.29 is 19.1 Å². The first-order valence-electron chi connectivity index (χ1n) is 8.37. The summed E-state index contributed by atoms with van der Waals surface area (Å²) in [6.07, 6.45) is 3.41. The minimum atomic E-state index is -0.585. The summed E-state index contributed by atoms with van der Waals surface area (Å²) in [6, 6.07) is 3.05. The molecule has 3 atom stereocenters. The van der Waals surface area contributed by atoms with Crippen molar-refractivity contribution in [2.24, 2.45) is 17.3 Å². The number of Topliss-reactive ketones (excluding diaryl/α,β-unsaturated/α-hetero) is 2. The minimum absolute atomic E-state index is 0.0944. The molecule has 4 heteroatoms. The third-order valence-corrected chi connectivity index (χ3v) is 6.09. The third kappa shape index (κ3) is 2.58. The van der Waals surface area contributed by atoms with E-state index in [0.29, 0.717) is 37.7 Å². The largest absolute Gasteiger partial charge is 0.505 e. The van der Waals surface area contributed by atoms with Crippen molar-refractivity contribution in [3.63, 3.8) is 0 Å². The van der Waals surface area contributed by atoms with Crippen molar-refractivity contribution in [3.05, 3.63) is 29.1 Å². The van der Waals surface area contributed by atoms with E-state index in [1.807, 2.05) is 13.8 Å². The van der Waals surface area contributed by atoms with Crippen LogP contribution >= 0.6 is 0 Å². The van der Waals surface area contributed by atoms with E-state index in [1.54, 1.807) is 6.07 Å². The Bertz CT molecular complexity index is 667. The fourth-order valence-electron chi connectivity index (χ4n) is 4.53. The highest BCUT2D eigenvalue weighted by atomic mass is 19.1. The molecule has 0 aromatic heterocycles. The number of aryl methyl sites for hydroxylation is 1. The first-order valence-corrected chi connectivity index (χ1v) is 8.37. The van der Waals surface area contributed by atoms with Gasteiger partial charge in [0, 0.05) is 24.2 Å². The number of hydrogen-bond donors (Lipinski definition) is 1. The first kappa shape index (κ1) is 16.2. The number of carbonyl (C=O) groups is 2. The topological polar surface area (TPSA) is 54.4 Å². The number of fused-ring (bicyclic) bond motifs is 1. The van der Waals surface area contributed by atoms with Crippen LogP contribution in [0.1, 0.15) is 50.2 Å². The molecular formula is C19H23FO3. The Morgan fingerprint density at radius 3 is 2.78 bits per heavy atom. The van der Waals surface area contributed by atoms with Crippen LogP contribution in [0.2, 0.25) is 0 Å². The van der Waals surface area contributed by atoms with E-state index in [-0.39, 0.29) is 34.6 Å². The number of rotatable bonds is 3. The van der Waals surface area contributed by atoms with Gasteiger partial charge in [0.15, 0.2) is 11.6 Å². The van der Waals surface area contributed by atoms with Crippen molar-refractivity contribution in [1.29, 1.82) is 0 Å². The highest BCUT2D eigenvalue weighted by molar-refractivity contribution is 5.92. The molecule has 0 aliphatic heterocycles. The summed E-state index contributed by atoms with van der Waals surface area (Å²) in [5, 5.41) is 9.55. The van der Waals surface area contributed by atoms with Gasteiger partial charge < -0.3 is 5.11 Å². The van der Waals surface area contributed by atoms with Gasteiger partial charge in [0.25, 0.3) is 0 Å². The van der Waals surface area contributed by atoms with Gasteiger partial charge in [0.2, 0.25) is 0 Å². The van der Waals surface area contributed by atoms with E-state index in [9.17, 15) is 19.1 Å². The monoisotopic (exact) mass is 318 g/mol. The van der Waals surface area contributed by atoms with Gasteiger partial charge in [-0.3, -0.25) is 9.59 Å². The second-order valence-corrected chi connectivity index (χ2v) is 7.29. The Hall–Kier alpha value is -1.71. The lowest BCUT2D eigenvalue weighted by molar-refractivity contribution is -0.136. The molecule has 2 saturated carbocycles. The molecule has 2 aliphatic rings. The van der Waals surface area contributed by atoms with Gasteiger partial charge in [-0.1, -0.05) is 13.0 Å². The lowest BCUT2D eigenvalue weighted by atomic mass is 9.62. The van der Waals surface area contributed by atoms with Crippen molar-refractivity contribution in [2.75, 3.05) is 0 Å². The first-order chi connectivity index (χ1) is 10.8. The van der Waals surface area contributed by atoms with E-state index in [2.05, 4.69) is 0 Å². The lowest BCUT2D eigenvalue weighted by Gasteiger charge is -2.39. The number of ketones is 2. The molecule has 1 N–H and O–H groups in total. The van der Waals surface area contributed by atoms with E-state index >= 15 is 0 Å². The number of aromatic hydroxyl groups is 1. The van der Waals surface area contributed by atoms with E-state index in [0.717, 1.165) is 12.0 Å². The van der Waals surface area contributed by atoms with Crippen LogP contribution in [-0.2, 0) is 16.0 Å². The molecule has 3 nitrogen and oxygen atoms in total. The SMILES string of the molecule is Cc1ccc(O)c(F)c1CC[C@@H]1C(=O)CC[C@]2(C)C(=O)CC[C@@H]12. The van der Waals surface area contributed by atoms with Crippen LogP contribution < -0.4 is 0 Å². The predicted octanol–water partition coefficient (Wildman–Crippen LogP) is 3.74. The van der Waals surface area contributed by atoms with Crippen LogP contribution in [0, 0.1) is 30.0 Å². The summed E-state index contributed by atoms with van der Waals surface area (Å²) < 4.78 is 14.1. The van der Waals surface area contributed by atoms with Crippen molar-refractivity contribution in [1.82, 2.24) is 0 Å². The Kier molecular flexibility index (Phi) is 4.03. The molecule has 0 bridgehead atoms. The number of carbonyl (C=O) groups excluding carboxylic acids is 2. The average Bonchev–Trinajstić information content (AvgIpc) is 2.82. The van der Waals surface area contributed by atoms with Crippen molar-refractivity contribution >= 4 is 11.6 Å². The van der Waals surface area contributed by atoms with E-state index in [1.165, 1.54) is 6.07 Å². The summed E-state index contributed by atoms with van der Waals surface area (Å²) in [5.74, 6) is -0.515. The standard InChI is InChI=1S/C19H23FO3/c1-11-3-7-16(22)18(20)12(11)4-5-13-14-6-8-17(23)19(14,2)10-9-15(13)21/h3,7,13-14,22H,4-6,8-10H2,1-2H3/t13-,14-,19-/m0/s1. The van der Waals surface area contributed by atoms with Gasteiger partial charge in [0.1, 0.15) is 11.6 Å². The summed E-state index contributed by atoms with van der Waals surface area (Å²) in [7, 11) is 0. The zero-order chi connectivity index (χ0) is 16.8. The quantitative estimate of drug-likeness (QED) is 0.923. The van der Waals surface area contributed by atoms with E-state index < -0.39 is 5.82 Å². The summed E-state index contributed by atoms with van der Waals surface area (Å²) in [4.78, 5) is 24.6. The van der Waals surface area contributed by atoms with Crippen molar-refractivity contribution in [2.45, 2.75) is 52.4 Å². The maximum atomic E-state index is 14.1. The maximum Gasteiger partial charge on any atom is 0.168 e. The molecule has 0 amide bonds. The highest BCUT2D eigenvalue weighted by Crippen LogP contribution is 2.52. The highest BCUT2D eigenvalue weighted by Gasteiger charge is 2.53. The molecule has 0 spiro atoms. The normalized spacial score (nSPS) is 30.6. The maximum absolute atomic E-state index is 14.1. The van der Waals surface area contributed by atoms with Gasteiger partial charge in [-0.25, -0.2) is 4.39 Å². The van der Waals surface area contributed by atoms with Gasteiger partial charge >= 0.3 is 0 Å². The summed E-state index contributed by atoms with van der Waals surface area (Å²) in [6.45, 7) is 3.80. The molecule has 0 unspecified atom stereocenters. The number of hydrogen-bond acceptors (Lipinski definition) is 3. The molecule has 2 aliphatic carbocycles. The number of phenolic OH excluding ortho intramolecular Hbond substituents is 1. The third-order valence-electron chi connectivity index (χ3n) is 6.09. The predicted molar refractivity (Wildman–Crippen MR) is 84.7 cm³/mol. The second kappa shape index (κ2) is 5.73. The van der Waals surface area contributed by atoms with Crippen LogP contribution in [0.4, 0.5) is 4.39 Å². The molecule has 3 rings (SSSR count). The van der Waals surface area contributed by atoms with Crippen LogP contribution in [0.15, 0.2) is 12.1 Å². The van der Waals surface area contributed by atoms with Gasteiger partial charge in [-0.05, 0) is 55.7 Å². The lowest BCUT2D eigenvalue weighted by Crippen LogP contribution is -2.42. The molecule has 0 saturated heterocycles. The van der Waals surface area contributed by atoms with Gasteiger partial charge in [-0.15, -0.1) is 0 Å². The fourth-order valence-corrected chi connectivity index (χ4v) is 4.53. The molecule has 1 aromatic rings. The van der Waals surface area contributed by atoms with Crippen LogP contribution in [-0.4, -0.2) is 16.7 Å². The van der Waals surface area contributed by atoms with Gasteiger partial charge in [0.05, 0.1) is 0 Å². The van der Waals surface area contributed by atoms with Crippen molar-refractivity contribution in [3.8, 4) is 5.75 Å². The van der Waals surface area contributed by atoms with Gasteiger partial charge in [-0.2, -0.15) is 0 Å². The Morgan fingerprint density at radius 1 is 1.30 bits per heavy atom. The van der Waals surface area contributed by atoms with Crippen LogP contribution in [0.5, 0.6) is 5.75 Å².